The van der Waals surface area contributed by atoms with Crippen molar-refractivity contribution in [3.8, 4) is 0 Å². The second-order valence-corrected chi connectivity index (χ2v) is 19.7. The van der Waals surface area contributed by atoms with Crippen LogP contribution in [0.2, 0.25) is 0 Å². The van der Waals surface area contributed by atoms with Crippen LogP contribution >= 0.6 is 0 Å². The Morgan fingerprint density at radius 1 is 1.00 bits per heavy atom. The molecule has 282 valence electrons. The van der Waals surface area contributed by atoms with Gasteiger partial charge in [0.15, 0.2) is 9.84 Å². The molecule has 5 atom stereocenters. The van der Waals surface area contributed by atoms with Gasteiger partial charge in [-0.3, -0.25) is 19.2 Å². The number of rotatable bonds is 16. The standard InChI is InChI=1S/C37H61N5O7S/c1-9-18-38-32(45)29(43)26(20-24-13-14-24)39-31(44)28-27-25(36(27,7)8)21-42(28)33(46)30(35(4,5)6)40-34(47)41-37(16-11-10-12-17-37)22-50(48,49)19-15-23(2)3/h9,23-28,30H,1,10-22H2,2-8H3,(H,38,45)(H,39,44)(H2,40,41,47)/t25?,26?,27?,28-,30+/m0/s1. The van der Waals surface area contributed by atoms with Gasteiger partial charge >= 0.3 is 6.03 Å². The third-order valence-electron chi connectivity index (χ3n) is 11.4. The summed E-state index contributed by atoms with van der Waals surface area (Å²) in [6, 6.07) is -3.52. The predicted octanol–water partition coefficient (Wildman–Crippen LogP) is 3.50. The molecule has 4 aliphatic rings. The molecule has 0 aromatic heterocycles. The summed E-state index contributed by atoms with van der Waals surface area (Å²) >= 11 is 0. The molecule has 0 radical (unpaired) electrons. The fourth-order valence-corrected chi connectivity index (χ4v) is 10.2. The first-order chi connectivity index (χ1) is 23.2. The average molecular weight is 720 g/mol. The molecule has 5 amide bonds. The smallest absolute Gasteiger partial charge is 0.315 e. The maximum atomic E-state index is 14.5. The Hall–Kier alpha value is -2.96. The first kappa shape index (κ1) is 39.8. The normalized spacial score (nSPS) is 25.1. The van der Waals surface area contributed by atoms with Crippen LogP contribution in [0.4, 0.5) is 4.79 Å². The van der Waals surface area contributed by atoms with E-state index in [1.807, 2.05) is 34.6 Å². The zero-order valence-electron chi connectivity index (χ0n) is 31.2. The molecule has 4 N–H and O–H groups in total. The van der Waals surface area contributed by atoms with Crippen LogP contribution in [0.25, 0.3) is 0 Å². The van der Waals surface area contributed by atoms with Crippen LogP contribution in [-0.4, -0.2) is 91.1 Å². The van der Waals surface area contributed by atoms with Gasteiger partial charge in [-0.05, 0) is 60.2 Å². The molecule has 0 aromatic carbocycles. The fraction of sp³-hybridized carbons (Fsp3) is 0.811. The first-order valence-electron chi connectivity index (χ1n) is 18.5. The van der Waals surface area contributed by atoms with Gasteiger partial charge in [0.2, 0.25) is 17.6 Å². The first-order valence-corrected chi connectivity index (χ1v) is 20.4. The quantitative estimate of drug-likeness (QED) is 0.140. The number of carbonyl (C=O) groups is 5. The lowest BCUT2D eigenvalue weighted by Gasteiger charge is -2.40. The SMILES string of the molecule is C=CCNC(=O)C(=O)C(CC1CC1)NC(=O)[C@@H]1C2C(CN1C(=O)[C@@H](NC(=O)NC1(CS(=O)(=O)CCC(C)C)CCCCC1)C(C)(C)C)C2(C)C. The summed E-state index contributed by atoms with van der Waals surface area (Å²) < 4.78 is 26.4. The highest BCUT2D eigenvalue weighted by Crippen LogP contribution is 2.65. The summed E-state index contributed by atoms with van der Waals surface area (Å²) in [5.41, 5.74) is -1.88. The average Bonchev–Trinajstić information content (AvgIpc) is 3.87. The Kier molecular flexibility index (Phi) is 12.2. The lowest BCUT2D eigenvalue weighted by atomic mass is 9.83. The number of carbonyl (C=O) groups excluding carboxylic acids is 5. The third kappa shape index (κ3) is 9.67. The second-order valence-electron chi connectivity index (χ2n) is 17.5. The highest BCUT2D eigenvalue weighted by atomic mass is 32.2. The van der Waals surface area contributed by atoms with Crippen LogP contribution in [0.1, 0.15) is 106 Å². The van der Waals surface area contributed by atoms with Crippen molar-refractivity contribution in [1.82, 2.24) is 26.2 Å². The monoisotopic (exact) mass is 719 g/mol. The van der Waals surface area contributed by atoms with Crippen LogP contribution in [0, 0.1) is 34.5 Å². The van der Waals surface area contributed by atoms with Crippen molar-refractivity contribution in [3.05, 3.63) is 12.7 Å². The highest BCUT2D eigenvalue weighted by molar-refractivity contribution is 7.91. The summed E-state index contributed by atoms with van der Waals surface area (Å²) in [6.45, 7) is 17.6. The summed E-state index contributed by atoms with van der Waals surface area (Å²) in [6.07, 6.45) is 7.85. The minimum absolute atomic E-state index is 0.0581. The topological polar surface area (TPSA) is 171 Å². The number of Topliss-reactive ketones (excluding diaryl/α,β-unsaturated/α-hetero) is 1. The Morgan fingerprint density at radius 3 is 2.20 bits per heavy atom. The number of hydrogen-bond donors (Lipinski definition) is 4. The number of fused-ring (bicyclic) bond motifs is 1. The molecule has 4 fully saturated rings. The maximum Gasteiger partial charge on any atom is 0.315 e. The van der Waals surface area contributed by atoms with Crippen LogP contribution in [0.15, 0.2) is 12.7 Å². The van der Waals surface area contributed by atoms with Crippen LogP contribution in [0.3, 0.4) is 0 Å². The molecule has 4 rings (SSSR count). The van der Waals surface area contributed by atoms with Crippen molar-refractivity contribution < 1.29 is 32.4 Å². The van der Waals surface area contributed by atoms with E-state index in [0.29, 0.717) is 32.2 Å². The molecular weight excluding hydrogens is 659 g/mol. The maximum absolute atomic E-state index is 14.5. The molecule has 0 spiro atoms. The summed E-state index contributed by atoms with van der Waals surface area (Å²) in [5.74, 6) is -2.08. The highest BCUT2D eigenvalue weighted by Gasteiger charge is 2.70. The van der Waals surface area contributed by atoms with E-state index >= 15 is 0 Å². The van der Waals surface area contributed by atoms with Gasteiger partial charge in [-0.1, -0.05) is 86.6 Å². The van der Waals surface area contributed by atoms with Gasteiger partial charge in [-0.2, -0.15) is 0 Å². The number of likely N-dealkylation sites (tertiary alicyclic amines) is 1. The van der Waals surface area contributed by atoms with Gasteiger partial charge < -0.3 is 26.2 Å². The van der Waals surface area contributed by atoms with Gasteiger partial charge in [-0.15, -0.1) is 6.58 Å². The molecule has 0 aromatic rings. The minimum Gasteiger partial charge on any atom is -0.346 e. The Balaban J connectivity index is 1.53. The molecule has 3 unspecified atom stereocenters. The molecule has 1 heterocycles. The van der Waals surface area contributed by atoms with E-state index in [4.69, 9.17) is 0 Å². The van der Waals surface area contributed by atoms with Crippen molar-refractivity contribution in [2.45, 2.75) is 130 Å². The van der Waals surface area contributed by atoms with Crippen LogP contribution < -0.4 is 21.3 Å². The van der Waals surface area contributed by atoms with E-state index in [0.717, 1.165) is 32.1 Å². The van der Waals surface area contributed by atoms with Crippen LogP contribution in [0.5, 0.6) is 0 Å². The second kappa shape index (κ2) is 15.3. The predicted molar refractivity (Wildman–Crippen MR) is 193 cm³/mol. The largest absolute Gasteiger partial charge is 0.346 e. The number of nitrogens with zero attached hydrogens (tertiary/aromatic N) is 1. The van der Waals surface area contributed by atoms with E-state index < -0.39 is 68.5 Å². The zero-order valence-corrected chi connectivity index (χ0v) is 32.0. The van der Waals surface area contributed by atoms with Crippen molar-refractivity contribution in [2.75, 3.05) is 24.6 Å². The minimum atomic E-state index is -3.44. The molecule has 1 saturated heterocycles. The van der Waals surface area contributed by atoms with E-state index in [2.05, 4.69) is 41.7 Å². The molecule has 50 heavy (non-hydrogen) atoms. The Bertz CT molecular complexity index is 1430. The van der Waals surface area contributed by atoms with Gasteiger partial charge in [0.1, 0.15) is 12.1 Å². The zero-order chi connectivity index (χ0) is 37.2. The molecule has 0 bridgehead atoms. The van der Waals surface area contributed by atoms with E-state index in [9.17, 15) is 32.4 Å². The number of sulfone groups is 1. The third-order valence-corrected chi connectivity index (χ3v) is 13.2. The number of ketones is 1. The van der Waals surface area contributed by atoms with Gasteiger partial charge in [0.05, 0.1) is 23.1 Å². The Labute approximate surface area is 299 Å². The van der Waals surface area contributed by atoms with Crippen LogP contribution in [-0.2, 0) is 29.0 Å². The molecule has 3 aliphatic carbocycles. The van der Waals surface area contributed by atoms with E-state index in [-0.39, 0.29) is 47.1 Å². The number of nitrogens with one attached hydrogen (secondary N) is 4. The molecule has 13 heteroatoms. The number of piperidine rings is 1. The number of amides is 5. The van der Waals surface area contributed by atoms with Crippen molar-refractivity contribution in [1.29, 1.82) is 0 Å². The van der Waals surface area contributed by atoms with Gasteiger partial charge in [0, 0.05) is 13.1 Å². The van der Waals surface area contributed by atoms with Crippen molar-refractivity contribution >= 4 is 39.4 Å². The number of hydrogen-bond acceptors (Lipinski definition) is 7. The molecule has 3 saturated carbocycles. The molecule has 12 nitrogen and oxygen atoms in total. The van der Waals surface area contributed by atoms with Gasteiger partial charge in [0.25, 0.3) is 5.91 Å². The van der Waals surface area contributed by atoms with E-state index in [1.54, 1.807) is 0 Å². The van der Waals surface area contributed by atoms with E-state index in [1.165, 1.54) is 11.0 Å². The summed E-state index contributed by atoms with van der Waals surface area (Å²) in [5, 5.41) is 11.3. The number of urea groups is 1. The molecular formula is C37H61N5O7S. The summed E-state index contributed by atoms with van der Waals surface area (Å²) in [4.78, 5) is 69.6. The lowest BCUT2D eigenvalue weighted by Crippen LogP contribution is -2.64. The fourth-order valence-electron chi connectivity index (χ4n) is 8.06. The van der Waals surface area contributed by atoms with Gasteiger partial charge in [-0.25, -0.2) is 13.2 Å². The summed E-state index contributed by atoms with van der Waals surface area (Å²) in [7, 11) is -3.44. The molecule has 1 aliphatic heterocycles. The van der Waals surface area contributed by atoms with Crippen molar-refractivity contribution in [2.24, 2.45) is 34.5 Å². The van der Waals surface area contributed by atoms with Crippen molar-refractivity contribution in [3.63, 3.8) is 0 Å². The Morgan fingerprint density at radius 2 is 1.64 bits per heavy atom. The lowest BCUT2D eigenvalue weighted by molar-refractivity contribution is -0.145.